The third-order valence-electron chi connectivity index (χ3n) is 4.35. The smallest absolute Gasteiger partial charge is 0.348 e. The molecule has 0 aliphatic carbocycles. The lowest BCUT2D eigenvalue weighted by molar-refractivity contribution is 0.0606. The highest BCUT2D eigenvalue weighted by Crippen LogP contribution is 2.46. The molecule has 3 rings (SSSR count). The van der Waals surface area contributed by atoms with Gasteiger partial charge in [-0.15, -0.1) is 11.3 Å². The van der Waals surface area contributed by atoms with E-state index in [9.17, 15) is 4.79 Å². The van der Waals surface area contributed by atoms with Crippen LogP contribution in [0.15, 0.2) is 53.2 Å². The molecular weight excluding hydrogens is 320 g/mol. The van der Waals surface area contributed by atoms with Crippen LogP contribution >= 0.6 is 11.3 Å². The van der Waals surface area contributed by atoms with Crippen molar-refractivity contribution in [3.05, 3.63) is 58.6 Å². The van der Waals surface area contributed by atoms with Crippen LogP contribution in [0.25, 0.3) is 0 Å². The highest BCUT2D eigenvalue weighted by molar-refractivity contribution is 7.17. The number of aliphatic imine (C=N–C) groups is 1. The van der Waals surface area contributed by atoms with Crippen LogP contribution in [0.3, 0.4) is 0 Å². The quantitative estimate of drug-likeness (QED) is 0.608. The van der Waals surface area contributed by atoms with Gasteiger partial charge in [-0.05, 0) is 29.8 Å². The minimum Gasteiger partial charge on any atom is -0.465 e. The van der Waals surface area contributed by atoms with Crippen LogP contribution < -0.4 is 4.90 Å². The maximum Gasteiger partial charge on any atom is 0.348 e. The highest BCUT2D eigenvalue weighted by Gasteiger charge is 2.37. The molecule has 1 aliphatic rings. The van der Waals surface area contributed by atoms with E-state index in [0.29, 0.717) is 4.88 Å². The Hall–Kier alpha value is -2.40. The summed E-state index contributed by atoms with van der Waals surface area (Å²) in [5.74, 6) is -0.327. The number of thiophene rings is 1. The normalized spacial score (nSPS) is 17.5. The van der Waals surface area contributed by atoms with E-state index in [1.165, 1.54) is 35.4 Å². The summed E-state index contributed by atoms with van der Waals surface area (Å²) >= 11 is 1.32. The molecule has 124 valence electrons. The van der Waals surface area contributed by atoms with E-state index in [2.05, 4.69) is 55.1 Å². The number of ether oxygens (including phenoxy) is 1. The number of hydrogen-bond acceptors (Lipinski definition) is 5. The van der Waals surface area contributed by atoms with Crippen molar-refractivity contribution >= 4 is 34.2 Å². The van der Waals surface area contributed by atoms with Crippen molar-refractivity contribution in [3.63, 3.8) is 0 Å². The molecule has 1 aliphatic heterocycles. The van der Waals surface area contributed by atoms with Gasteiger partial charge in [-0.25, -0.2) is 9.79 Å². The fourth-order valence-electron chi connectivity index (χ4n) is 3.09. The largest absolute Gasteiger partial charge is 0.465 e. The van der Waals surface area contributed by atoms with Crippen LogP contribution in [0.2, 0.25) is 0 Å². The Morgan fingerprint density at radius 3 is 2.71 bits per heavy atom. The molecule has 2 heterocycles. The predicted octanol–water partition coefficient (Wildman–Crippen LogP) is 4.55. The van der Waals surface area contributed by atoms with Gasteiger partial charge in [0.25, 0.3) is 0 Å². The number of hydrogen-bond donors (Lipinski definition) is 0. The van der Waals surface area contributed by atoms with E-state index in [-0.39, 0.29) is 11.4 Å². The van der Waals surface area contributed by atoms with Crippen LogP contribution in [-0.2, 0) is 10.2 Å². The molecule has 4 nitrogen and oxygen atoms in total. The molecule has 1 aromatic heterocycles. The van der Waals surface area contributed by atoms with Gasteiger partial charge < -0.3 is 9.64 Å². The van der Waals surface area contributed by atoms with E-state index in [1.807, 2.05) is 12.1 Å². The Bertz CT molecular complexity index is 833. The van der Waals surface area contributed by atoms with Crippen LogP contribution in [0.1, 0.15) is 29.1 Å². The Morgan fingerprint density at radius 2 is 2.00 bits per heavy atom. The second-order valence-corrected chi connectivity index (χ2v) is 7.22. The summed E-state index contributed by atoms with van der Waals surface area (Å²) in [6, 6.07) is 12.0. The Balaban J connectivity index is 1.85. The van der Waals surface area contributed by atoms with E-state index in [0.717, 1.165) is 5.00 Å². The number of allylic oxidation sites excluding steroid dienone is 2. The van der Waals surface area contributed by atoms with Crippen molar-refractivity contribution in [2.75, 3.05) is 19.1 Å². The Morgan fingerprint density at radius 1 is 1.25 bits per heavy atom. The fourth-order valence-corrected chi connectivity index (χ4v) is 3.87. The molecule has 0 amide bonds. The van der Waals surface area contributed by atoms with Gasteiger partial charge in [-0.2, -0.15) is 0 Å². The van der Waals surface area contributed by atoms with Crippen molar-refractivity contribution in [1.29, 1.82) is 0 Å². The number of para-hydroxylation sites is 1. The molecule has 0 atom stereocenters. The number of benzene rings is 1. The molecule has 0 radical (unpaired) electrons. The molecule has 1 aromatic carbocycles. The molecule has 0 N–H and O–H groups in total. The first kappa shape index (κ1) is 16.5. The summed E-state index contributed by atoms with van der Waals surface area (Å²) in [5.41, 5.74) is 3.67. The number of nitrogens with zero attached hydrogens (tertiary/aromatic N) is 2. The number of esters is 1. The van der Waals surface area contributed by atoms with Crippen LogP contribution in [0.5, 0.6) is 0 Å². The first-order chi connectivity index (χ1) is 11.4. The van der Waals surface area contributed by atoms with Gasteiger partial charge in [0.05, 0.1) is 7.11 Å². The summed E-state index contributed by atoms with van der Waals surface area (Å²) in [4.78, 5) is 18.7. The number of rotatable bonds is 3. The predicted molar refractivity (Wildman–Crippen MR) is 99.8 cm³/mol. The summed E-state index contributed by atoms with van der Waals surface area (Å²) < 4.78 is 4.71. The van der Waals surface area contributed by atoms with Crippen LogP contribution in [-0.4, -0.2) is 26.3 Å². The minimum absolute atomic E-state index is 0.0655. The lowest BCUT2D eigenvalue weighted by atomic mass is 9.84. The lowest BCUT2D eigenvalue weighted by Gasteiger charge is -2.23. The average molecular weight is 340 g/mol. The Kier molecular flexibility index (Phi) is 4.28. The van der Waals surface area contributed by atoms with Gasteiger partial charge in [-0.3, -0.25) is 0 Å². The van der Waals surface area contributed by atoms with Crippen molar-refractivity contribution in [2.24, 2.45) is 4.99 Å². The molecule has 5 heteroatoms. The van der Waals surface area contributed by atoms with Crippen molar-refractivity contribution < 1.29 is 9.53 Å². The van der Waals surface area contributed by atoms with E-state index in [4.69, 9.17) is 4.74 Å². The third kappa shape index (κ3) is 2.76. The summed E-state index contributed by atoms with van der Waals surface area (Å²) in [6.45, 7) is 4.44. The Labute approximate surface area is 146 Å². The van der Waals surface area contributed by atoms with E-state index >= 15 is 0 Å². The SMILES string of the molecule is COC(=O)c1ccc(/N=C/C=C2\N(C)c3ccccc3C2(C)C)s1. The topological polar surface area (TPSA) is 41.9 Å². The second kappa shape index (κ2) is 6.24. The number of methoxy groups -OCH3 is 1. The lowest BCUT2D eigenvalue weighted by Crippen LogP contribution is -2.22. The number of anilines is 1. The summed E-state index contributed by atoms with van der Waals surface area (Å²) in [7, 11) is 3.46. The summed E-state index contributed by atoms with van der Waals surface area (Å²) in [6.07, 6.45) is 3.84. The summed E-state index contributed by atoms with van der Waals surface area (Å²) in [5, 5.41) is 0.781. The maximum atomic E-state index is 11.5. The molecule has 0 spiro atoms. The van der Waals surface area contributed by atoms with Crippen LogP contribution in [0, 0.1) is 0 Å². The molecule has 0 bridgehead atoms. The first-order valence-corrected chi connectivity index (χ1v) is 8.53. The molecular formula is C19H20N2O2S. The van der Waals surface area contributed by atoms with Crippen molar-refractivity contribution in [3.8, 4) is 0 Å². The minimum atomic E-state index is -0.327. The van der Waals surface area contributed by atoms with Gasteiger partial charge in [0.15, 0.2) is 0 Å². The highest BCUT2D eigenvalue weighted by atomic mass is 32.1. The third-order valence-corrected chi connectivity index (χ3v) is 5.33. The van der Waals surface area contributed by atoms with Gasteiger partial charge in [0.1, 0.15) is 9.88 Å². The molecule has 24 heavy (non-hydrogen) atoms. The monoisotopic (exact) mass is 340 g/mol. The number of carbonyl (C=O) groups is 1. The zero-order valence-electron chi connectivity index (χ0n) is 14.2. The average Bonchev–Trinajstić information content (AvgIpc) is 3.12. The van der Waals surface area contributed by atoms with Gasteiger partial charge >= 0.3 is 5.97 Å². The maximum absolute atomic E-state index is 11.5. The standard InChI is InChI=1S/C19H20N2O2S/c1-19(2)13-7-5-6-8-14(13)21(3)16(19)11-12-20-17-10-9-15(24-17)18(22)23-4/h5-12H,1-4H3/b16-11-,20-12+. The van der Waals surface area contributed by atoms with Gasteiger partial charge in [-0.1, -0.05) is 32.0 Å². The second-order valence-electron chi connectivity index (χ2n) is 6.16. The first-order valence-electron chi connectivity index (χ1n) is 7.71. The molecule has 0 fully saturated rings. The van der Waals surface area contributed by atoms with E-state index < -0.39 is 0 Å². The molecule has 0 unspecified atom stereocenters. The fraction of sp³-hybridized carbons (Fsp3) is 0.263. The molecule has 0 saturated heterocycles. The van der Waals surface area contributed by atoms with E-state index in [1.54, 1.807) is 12.3 Å². The molecule has 2 aromatic rings. The van der Waals surface area contributed by atoms with Crippen molar-refractivity contribution in [2.45, 2.75) is 19.3 Å². The number of likely N-dealkylation sites (N-methyl/N-ethyl adjacent to an activating group) is 1. The van der Waals surface area contributed by atoms with Crippen LogP contribution in [0.4, 0.5) is 10.7 Å². The number of fused-ring (bicyclic) bond motifs is 1. The van der Waals surface area contributed by atoms with Crippen molar-refractivity contribution in [1.82, 2.24) is 0 Å². The molecule has 0 saturated carbocycles. The van der Waals surface area contributed by atoms with Gasteiger partial charge in [0.2, 0.25) is 0 Å². The number of carbonyl (C=O) groups excluding carboxylic acids is 1. The van der Waals surface area contributed by atoms with Gasteiger partial charge in [0, 0.05) is 30.1 Å². The zero-order chi connectivity index (χ0) is 17.3. The zero-order valence-corrected chi connectivity index (χ0v) is 15.1.